The number of aromatic hydroxyl groups is 1. The molecule has 0 unspecified atom stereocenters. The van der Waals surface area contributed by atoms with E-state index < -0.39 is 6.03 Å². The number of urea groups is 1. The molecule has 1 heterocycles. The number of hydrogen-bond acceptors (Lipinski definition) is 6. The number of amides is 2. The summed E-state index contributed by atoms with van der Waals surface area (Å²) in [6.45, 7) is 4.14. The fraction of sp³-hybridized carbons (Fsp3) is 0.208. The summed E-state index contributed by atoms with van der Waals surface area (Å²) in [5.41, 5.74) is 6.13. The van der Waals surface area contributed by atoms with Crippen LogP contribution < -0.4 is 10.8 Å². The SMILES string of the molecule is CCCCc1cc(C)cc(-n2nc3ccc(Sc4ccc(NC(=O)NO)cc4)cc3n2)c1O. The number of nitrogens with one attached hydrogen (secondary N) is 2. The molecule has 0 bridgehead atoms. The topological polar surface area (TPSA) is 112 Å². The summed E-state index contributed by atoms with van der Waals surface area (Å²) in [6.07, 6.45) is 2.89. The van der Waals surface area contributed by atoms with E-state index in [0.717, 1.165) is 51.2 Å². The van der Waals surface area contributed by atoms with Gasteiger partial charge in [-0.3, -0.25) is 5.21 Å². The van der Waals surface area contributed by atoms with Gasteiger partial charge in [-0.15, -0.1) is 15.0 Å². The third-order valence-electron chi connectivity index (χ3n) is 5.13. The van der Waals surface area contributed by atoms with Crippen molar-refractivity contribution in [2.24, 2.45) is 0 Å². The number of aromatic nitrogens is 3. The van der Waals surface area contributed by atoms with Gasteiger partial charge in [0, 0.05) is 15.5 Å². The van der Waals surface area contributed by atoms with E-state index in [1.165, 1.54) is 10.3 Å². The maximum atomic E-state index is 11.2. The van der Waals surface area contributed by atoms with Crippen LogP contribution in [0.5, 0.6) is 5.75 Å². The maximum absolute atomic E-state index is 11.2. The van der Waals surface area contributed by atoms with E-state index in [2.05, 4.69) is 22.4 Å². The first-order valence-corrected chi connectivity index (χ1v) is 11.5. The van der Waals surface area contributed by atoms with Gasteiger partial charge in [0.25, 0.3) is 0 Å². The van der Waals surface area contributed by atoms with Gasteiger partial charge in [-0.2, -0.15) is 0 Å². The number of phenolic OH excluding ortho intramolecular Hbond substituents is 1. The predicted molar refractivity (Wildman–Crippen MR) is 128 cm³/mol. The summed E-state index contributed by atoms with van der Waals surface area (Å²) in [5.74, 6) is 0.229. The van der Waals surface area contributed by atoms with Crippen molar-refractivity contribution in [2.75, 3.05) is 5.32 Å². The number of carbonyl (C=O) groups is 1. The normalized spacial score (nSPS) is 11.0. The second-order valence-electron chi connectivity index (χ2n) is 7.73. The number of rotatable bonds is 7. The number of anilines is 1. The van der Waals surface area contributed by atoms with Crippen molar-refractivity contribution in [3.63, 3.8) is 0 Å². The Hall–Kier alpha value is -3.56. The lowest BCUT2D eigenvalue weighted by molar-refractivity contribution is 0.172. The average molecular weight is 464 g/mol. The third kappa shape index (κ3) is 5.27. The molecule has 4 aromatic rings. The number of hydroxylamine groups is 1. The molecule has 4 rings (SSSR count). The second-order valence-corrected chi connectivity index (χ2v) is 8.87. The number of carbonyl (C=O) groups excluding carboxylic acids is 1. The lowest BCUT2D eigenvalue weighted by Gasteiger charge is -2.10. The van der Waals surface area contributed by atoms with E-state index in [0.29, 0.717) is 11.4 Å². The van der Waals surface area contributed by atoms with Crippen LogP contribution in [0.1, 0.15) is 30.9 Å². The Morgan fingerprint density at radius 2 is 1.76 bits per heavy atom. The smallest absolute Gasteiger partial charge is 0.342 e. The predicted octanol–water partition coefficient (Wildman–Crippen LogP) is 5.44. The Labute approximate surface area is 195 Å². The molecule has 0 saturated heterocycles. The van der Waals surface area contributed by atoms with Crippen molar-refractivity contribution < 1.29 is 15.1 Å². The fourth-order valence-corrected chi connectivity index (χ4v) is 4.36. The number of hydrogen-bond donors (Lipinski definition) is 4. The molecule has 1 aromatic heterocycles. The molecule has 8 nitrogen and oxygen atoms in total. The van der Waals surface area contributed by atoms with Crippen molar-refractivity contribution in [1.29, 1.82) is 0 Å². The highest BCUT2D eigenvalue weighted by molar-refractivity contribution is 7.99. The lowest BCUT2D eigenvalue weighted by Crippen LogP contribution is -2.24. The molecular formula is C24H25N5O3S. The molecule has 0 saturated carbocycles. The summed E-state index contributed by atoms with van der Waals surface area (Å²) in [5, 5.41) is 31.1. The van der Waals surface area contributed by atoms with E-state index in [-0.39, 0.29) is 5.75 Å². The Kier molecular flexibility index (Phi) is 6.81. The van der Waals surface area contributed by atoms with Crippen molar-refractivity contribution in [3.05, 3.63) is 65.7 Å². The standard InChI is InChI=1S/C24H25N5O3S/c1-3-4-5-16-12-15(2)13-22(23(16)30)29-26-20-11-10-19(14-21(20)27-29)33-18-8-6-17(7-9-18)25-24(31)28-32/h6-14,30,32H,3-5H2,1-2H3,(H2,25,28,31). The van der Waals surface area contributed by atoms with E-state index in [1.54, 1.807) is 23.9 Å². The number of aryl methyl sites for hydroxylation is 2. The molecule has 0 radical (unpaired) electrons. The Morgan fingerprint density at radius 3 is 2.48 bits per heavy atom. The van der Waals surface area contributed by atoms with Gasteiger partial charge in [-0.05, 0) is 79.4 Å². The summed E-state index contributed by atoms with van der Waals surface area (Å²) in [6, 6.07) is 16.3. The van der Waals surface area contributed by atoms with Crippen LogP contribution in [0.4, 0.5) is 10.5 Å². The van der Waals surface area contributed by atoms with Crippen molar-refractivity contribution in [3.8, 4) is 11.4 Å². The van der Waals surface area contributed by atoms with Gasteiger partial charge in [0.2, 0.25) is 0 Å². The van der Waals surface area contributed by atoms with E-state index >= 15 is 0 Å². The van der Waals surface area contributed by atoms with Crippen LogP contribution in [-0.4, -0.2) is 31.3 Å². The first-order valence-electron chi connectivity index (χ1n) is 10.7. The quantitative estimate of drug-likeness (QED) is 0.214. The number of phenols is 1. The fourth-order valence-electron chi connectivity index (χ4n) is 3.51. The van der Waals surface area contributed by atoms with Crippen LogP contribution in [0.25, 0.3) is 16.7 Å². The van der Waals surface area contributed by atoms with Crippen LogP contribution in [0.3, 0.4) is 0 Å². The van der Waals surface area contributed by atoms with E-state index in [9.17, 15) is 9.90 Å². The highest BCUT2D eigenvalue weighted by Gasteiger charge is 2.14. The molecule has 2 amide bonds. The molecule has 33 heavy (non-hydrogen) atoms. The van der Waals surface area contributed by atoms with Gasteiger partial charge < -0.3 is 10.4 Å². The minimum Gasteiger partial charge on any atom is -0.505 e. The van der Waals surface area contributed by atoms with Crippen LogP contribution >= 0.6 is 11.8 Å². The van der Waals surface area contributed by atoms with Crippen LogP contribution in [0, 0.1) is 6.92 Å². The molecule has 0 spiro atoms. The number of benzene rings is 3. The molecule has 0 atom stereocenters. The maximum Gasteiger partial charge on any atom is 0.342 e. The average Bonchev–Trinajstić information content (AvgIpc) is 3.23. The van der Waals surface area contributed by atoms with Gasteiger partial charge in [0.05, 0.1) is 0 Å². The number of nitrogens with zero attached hydrogens (tertiary/aromatic N) is 3. The molecule has 4 N–H and O–H groups in total. The Balaban J connectivity index is 1.57. The number of fused-ring (bicyclic) bond motifs is 1. The number of unbranched alkanes of at least 4 members (excludes halogenated alkanes) is 1. The zero-order valence-corrected chi connectivity index (χ0v) is 19.2. The molecule has 170 valence electrons. The monoisotopic (exact) mass is 463 g/mol. The molecule has 0 aliphatic carbocycles. The first-order chi connectivity index (χ1) is 16.0. The Bertz CT molecular complexity index is 1290. The van der Waals surface area contributed by atoms with Crippen LogP contribution in [-0.2, 0) is 6.42 Å². The van der Waals surface area contributed by atoms with Crippen LogP contribution in [0.15, 0.2) is 64.4 Å². The zero-order valence-electron chi connectivity index (χ0n) is 18.4. The van der Waals surface area contributed by atoms with Gasteiger partial charge in [0.15, 0.2) is 0 Å². The lowest BCUT2D eigenvalue weighted by atomic mass is 10.0. The minimum absolute atomic E-state index is 0.229. The summed E-state index contributed by atoms with van der Waals surface area (Å²) in [4.78, 5) is 14.7. The highest BCUT2D eigenvalue weighted by atomic mass is 32.2. The van der Waals surface area contributed by atoms with Crippen molar-refractivity contribution in [1.82, 2.24) is 20.5 Å². The van der Waals surface area contributed by atoms with Gasteiger partial charge in [0.1, 0.15) is 22.5 Å². The minimum atomic E-state index is -0.693. The molecular weight excluding hydrogens is 438 g/mol. The summed E-state index contributed by atoms with van der Waals surface area (Å²) in [7, 11) is 0. The zero-order chi connectivity index (χ0) is 23.4. The third-order valence-corrected chi connectivity index (χ3v) is 6.13. The molecule has 0 aliphatic rings. The van der Waals surface area contributed by atoms with Gasteiger partial charge >= 0.3 is 6.03 Å². The first kappa shape index (κ1) is 22.6. The van der Waals surface area contributed by atoms with Gasteiger partial charge in [-0.1, -0.05) is 31.2 Å². The van der Waals surface area contributed by atoms with Gasteiger partial charge in [-0.25, -0.2) is 10.3 Å². The second kappa shape index (κ2) is 9.93. The highest BCUT2D eigenvalue weighted by Crippen LogP contribution is 2.32. The van der Waals surface area contributed by atoms with Crippen molar-refractivity contribution >= 4 is 34.5 Å². The largest absolute Gasteiger partial charge is 0.505 e. The van der Waals surface area contributed by atoms with Crippen LogP contribution in [0.2, 0.25) is 0 Å². The Morgan fingerprint density at radius 1 is 1.03 bits per heavy atom. The van der Waals surface area contributed by atoms with E-state index in [1.807, 2.05) is 49.4 Å². The molecule has 3 aromatic carbocycles. The van der Waals surface area contributed by atoms with E-state index in [4.69, 9.17) is 5.21 Å². The van der Waals surface area contributed by atoms with Crippen molar-refractivity contribution in [2.45, 2.75) is 42.9 Å². The molecule has 9 heteroatoms. The molecule has 0 fully saturated rings. The summed E-state index contributed by atoms with van der Waals surface area (Å²) >= 11 is 1.55. The summed E-state index contributed by atoms with van der Waals surface area (Å²) < 4.78 is 0. The molecule has 0 aliphatic heterocycles.